The Morgan fingerprint density at radius 2 is 1.50 bits per heavy atom. The minimum absolute atomic E-state index is 0. The Kier molecular flexibility index (Phi) is 9.27. The Hall–Kier alpha value is 0.0169. The van der Waals surface area contributed by atoms with Crippen molar-refractivity contribution >= 4 is 8.80 Å². The largest absolute Gasteiger partial charge is 0.500 e. The Labute approximate surface area is 75.1 Å². The van der Waals surface area contributed by atoms with Crippen molar-refractivity contribution in [3.8, 4) is 0 Å². The van der Waals surface area contributed by atoms with E-state index in [0.29, 0.717) is 6.54 Å². The maximum atomic E-state index is 5.36. The first-order valence-electron chi connectivity index (χ1n) is 3.60. The molecular weight excluding hydrogens is 176 g/mol. The molecular formula is C6H20N2O3Si. The molecule has 0 bridgehead atoms. The first kappa shape index (κ1) is 14.5. The van der Waals surface area contributed by atoms with Crippen molar-refractivity contribution in [1.82, 2.24) is 6.15 Å². The van der Waals surface area contributed by atoms with Gasteiger partial charge in [0.25, 0.3) is 0 Å². The standard InChI is InChI=1S/C6H17NO3Si.H3N/c1-8-11(9-2,10-3)6-4-5-7;/h4-7H2,1-3H3;1H3. The van der Waals surface area contributed by atoms with Gasteiger partial charge in [0.2, 0.25) is 0 Å². The Balaban J connectivity index is 0. The van der Waals surface area contributed by atoms with Gasteiger partial charge in [-0.2, -0.15) is 0 Å². The van der Waals surface area contributed by atoms with E-state index in [2.05, 4.69) is 0 Å². The van der Waals surface area contributed by atoms with Gasteiger partial charge in [-0.1, -0.05) is 0 Å². The van der Waals surface area contributed by atoms with Gasteiger partial charge in [0.05, 0.1) is 0 Å². The molecule has 0 heterocycles. The first-order valence-corrected chi connectivity index (χ1v) is 5.53. The van der Waals surface area contributed by atoms with E-state index in [-0.39, 0.29) is 6.15 Å². The fraction of sp³-hybridized carbons (Fsp3) is 1.00. The second-order valence-corrected chi connectivity index (χ2v) is 5.28. The number of rotatable bonds is 6. The second-order valence-electron chi connectivity index (χ2n) is 2.19. The molecule has 0 saturated heterocycles. The van der Waals surface area contributed by atoms with Crippen molar-refractivity contribution in [3.63, 3.8) is 0 Å². The van der Waals surface area contributed by atoms with Crippen molar-refractivity contribution in [2.24, 2.45) is 5.73 Å². The van der Waals surface area contributed by atoms with Gasteiger partial charge in [0, 0.05) is 27.4 Å². The average Bonchev–Trinajstić information content (AvgIpc) is 2.08. The highest BCUT2D eigenvalue weighted by Crippen LogP contribution is 2.13. The van der Waals surface area contributed by atoms with Crippen LogP contribution in [0.25, 0.3) is 0 Å². The van der Waals surface area contributed by atoms with Crippen LogP contribution in [0, 0.1) is 0 Å². The summed E-state index contributed by atoms with van der Waals surface area (Å²) in [6.45, 7) is 0.644. The Bertz CT molecular complexity index is 92.5. The summed E-state index contributed by atoms with van der Waals surface area (Å²) < 4.78 is 15.5. The lowest BCUT2D eigenvalue weighted by molar-refractivity contribution is 0.123. The minimum atomic E-state index is -2.32. The summed E-state index contributed by atoms with van der Waals surface area (Å²) in [6.07, 6.45) is 0.877. The highest BCUT2D eigenvalue weighted by molar-refractivity contribution is 6.60. The zero-order valence-electron chi connectivity index (χ0n) is 8.13. The number of nitrogens with two attached hydrogens (primary N) is 1. The third-order valence-corrected chi connectivity index (χ3v) is 4.45. The van der Waals surface area contributed by atoms with Crippen molar-refractivity contribution in [1.29, 1.82) is 0 Å². The van der Waals surface area contributed by atoms with Gasteiger partial charge in [0.1, 0.15) is 0 Å². The van der Waals surface area contributed by atoms with Crippen molar-refractivity contribution in [3.05, 3.63) is 0 Å². The predicted octanol–water partition coefficient (Wildman–Crippen LogP) is 0.375. The van der Waals surface area contributed by atoms with Crippen LogP contribution in [0.1, 0.15) is 6.42 Å². The van der Waals surface area contributed by atoms with Crippen LogP contribution in [-0.2, 0) is 13.3 Å². The molecule has 0 radical (unpaired) electrons. The van der Waals surface area contributed by atoms with E-state index in [1.165, 1.54) is 0 Å². The third-order valence-electron chi connectivity index (χ3n) is 1.62. The molecule has 0 aliphatic heterocycles. The molecule has 0 aromatic rings. The number of hydrogen-bond donors (Lipinski definition) is 2. The smallest absolute Gasteiger partial charge is 0.377 e. The maximum absolute atomic E-state index is 5.36. The number of hydrogen-bond acceptors (Lipinski definition) is 5. The monoisotopic (exact) mass is 196 g/mol. The van der Waals surface area contributed by atoms with Crippen LogP contribution in [-0.4, -0.2) is 36.7 Å². The van der Waals surface area contributed by atoms with Crippen LogP contribution in [0.2, 0.25) is 6.04 Å². The fourth-order valence-electron chi connectivity index (χ4n) is 0.875. The molecule has 0 fully saturated rings. The lowest BCUT2D eigenvalue weighted by Gasteiger charge is -2.23. The van der Waals surface area contributed by atoms with Gasteiger partial charge < -0.3 is 25.2 Å². The van der Waals surface area contributed by atoms with E-state index in [4.69, 9.17) is 19.0 Å². The third kappa shape index (κ3) is 4.15. The topological polar surface area (TPSA) is 88.7 Å². The Morgan fingerprint density at radius 3 is 1.75 bits per heavy atom. The van der Waals surface area contributed by atoms with Gasteiger partial charge in [0.15, 0.2) is 0 Å². The molecule has 0 aromatic carbocycles. The van der Waals surface area contributed by atoms with Crippen LogP contribution in [0.3, 0.4) is 0 Å². The molecule has 0 aliphatic carbocycles. The van der Waals surface area contributed by atoms with Crippen LogP contribution in [0.5, 0.6) is 0 Å². The highest BCUT2D eigenvalue weighted by atomic mass is 28.4. The predicted molar refractivity (Wildman–Crippen MR) is 50.3 cm³/mol. The molecule has 0 aromatic heterocycles. The lowest BCUT2D eigenvalue weighted by Crippen LogP contribution is -2.42. The molecule has 5 nitrogen and oxygen atoms in total. The van der Waals surface area contributed by atoms with E-state index in [1.807, 2.05) is 0 Å². The maximum Gasteiger partial charge on any atom is 0.500 e. The van der Waals surface area contributed by atoms with Crippen molar-refractivity contribution in [2.75, 3.05) is 27.9 Å². The second kappa shape index (κ2) is 7.65. The van der Waals surface area contributed by atoms with Crippen LogP contribution < -0.4 is 11.9 Å². The molecule has 0 saturated carbocycles. The minimum Gasteiger partial charge on any atom is -0.377 e. The van der Waals surface area contributed by atoms with Gasteiger partial charge in [-0.25, -0.2) is 0 Å². The summed E-state index contributed by atoms with van der Waals surface area (Å²) in [5, 5.41) is 0. The van der Waals surface area contributed by atoms with Gasteiger partial charge in [-0.3, -0.25) is 0 Å². The molecule has 6 heteroatoms. The van der Waals surface area contributed by atoms with E-state index in [1.54, 1.807) is 21.3 Å². The van der Waals surface area contributed by atoms with E-state index in [9.17, 15) is 0 Å². The van der Waals surface area contributed by atoms with Gasteiger partial charge in [-0.05, 0) is 13.0 Å². The molecule has 0 aliphatic rings. The summed E-state index contributed by atoms with van der Waals surface area (Å²) in [5.41, 5.74) is 5.36. The normalized spacial score (nSPS) is 11.0. The quantitative estimate of drug-likeness (QED) is 0.599. The molecule has 76 valence electrons. The lowest BCUT2D eigenvalue weighted by atomic mass is 10.5. The molecule has 0 spiro atoms. The van der Waals surface area contributed by atoms with E-state index in [0.717, 1.165) is 12.5 Å². The zero-order valence-corrected chi connectivity index (χ0v) is 9.13. The first-order chi connectivity index (χ1) is 5.24. The van der Waals surface area contributed by atoms with Gasteiger partial charge >= 0.3 is 8.80 Å². The summed E-state index contributed by atoms with van der Waals surface area (Å²) in [4.78, 5) is 0. The fourth-order valence-corrected chi connectivity index (χ4v) is 2.62. The van der Waals surface area contributed by atoms with Gasteiger partial charge in [-0.15, -0.1) is 0 Å². The highest BCUT2D eigenvalue weighted by Gasteiger charge is 2.36. The molecule has 0 rings (SSSR count). The zero-order chi connectivity index (χ0) is 8.74. The van der Waals surface area contributed by atoms with E-state index < -0.39 is 8.80 Å². The molecule has 5 N–H and O–H groups in total. The summed E-state index contributed by atoms with van der Waals surface area (Å²) in [5.74, 6) is 0. The van der Waals surface area contributed by atoms with Crippen LogP contribution in [0.4, 0.5) is 0 Å². The molecule has 0 amide bonds. The molecule has 0 atom stereocenters. The Morgan fingerprint density at radius 1 is 1.08 bits per heavy atom. The average molecular weight is 196 g/mol. The summed E-state index contributed by atoms with van der Waals surface area (Å²) >= 11 is 0. The molecule has 12 heavy (non-hydrogen) atoms. The molecule has 0 unspecified atom stereocenters. The summed E-state index contributed by atoms with van der Waals surface area (Å²) in [6, 6.07) is 0.785. The summed E-state index contributed by atoms with van der Waals surface area (Å²) in [7, 11) is 2.50. The van der Waals surface area contributed by atoms with Crippen molar-refractivity contribution < 1.29 is 13.3 Å². The SMILES string of the molecule is CO[Si](CCCN)(OC)OC.N. The van der Waals surface area contributed by atoms with E-state index >= 15 is 0 Å². The van der Waals surface area contributed by atoms with Crippen LogP contribution >= 0.6 is 0 Å². The van der Waals surface area contributed by atoms with Crippen LogP contribution in [0.15, 0.2) is 0 Å². The van der Waals surface area contributed by atoms with Crippen molar-refractivity contribution in [2.45, 2.75) is 12.5 Å².